The topological polar surface area (TPSA) is 78.9 Å². The number of carbonyl (C=O) groups excluding carboxylic acids is 3. The van der Waals surface area contributed by atoms with E-state index in [1.54, 1.807) is 0 Å². The van der Waals surface area contributed by atoms with Crippen LogP contribution in [0.5, 0.6) is 0 Å². The van der Waals surface area contributed by atoms with Gasteiger partial charge in [0, 0.05) is 19.3 Å². The lowest BCUT2D eigenvalue weighted by Crippen LogP contribution is -2.30. The number of hydrogen-bond acceptors (Lipinski definition) is 6. The summed E-state index contributed by atoms with van der Waals surface area (Å²) in [6, 6.07) is 0. The third-order valence-electron chi connectivity index (χ3n) is 10.9. The van der Waals surface area contributed by atoms with Crippen LogP contribution in [0.15, 0.2) is 146 Å². The molecule has 0 rings (SSSR count). The van der Waals surface area contributed by atoms with Gasteiger partial charge in [0.05, 0.1) is 0 Å². The van der Waals surface area contributed by atoms with Crippen molar-refractivity contribution in [1.82, 2.24) is 0 Å². The Morgan fingerprint density at radius 3 is 1.09 bits per heavy atom. The number of hydrogen-bond donors (Lipinski definition) is 0. The van der Waals surface area contributed by atoms with Crippen LogP contribution in [0.2, 0.25) is 0 Å². The summed E-state index contributed by atoms with van der Waals surface area (Å²) in [4.78, 5) is 38.0. The Bertz CT molecular complexity index is 1560. The maximum atomic E-state index is 12.8. The molecule has 386 valence electrons. The molecule has 0 aliphatic rings. The van der Waals surface area contributed by atoms with Crippen molar-refractivity contribution in [3.63, 3.8) is 0 Å². The van der Waals surface area contributed by atoms with E-state index in [9.17, 15) is 14.4 Å². The average molecular weight is 951 g/mol. The molecule has 0 aromatic heterocycles. The van der Waals surface area contributed by atoms with Crippen LogP contribution in [0.3, 0.4) is 0 Å². The maximum absolute atomic E-state index is 12.8. The van der Waals surface area contributed by atoms with E-state index < -0.39 is 12.1 Å². The Morgan fingerprint density at radius 1 is 0.319 bits per heavy atom. The molecule has 0 aliphatic heterocycles. The quantitative estimate of drug-likeness (QED) is 0.0199. The molecule has 0 aromatic carbocycles. The Kier molecular flexibility index (Phi) is 52.1. The van der Waals surface area contributed by atoms with E-state index in [1.807, 2.05) is 12.2 Å². The number of ether oxygens (including phenoxy) is 3. The van der Waals surface area contributed by atoms with E-state index >= 15 is 0 Å². The number of rotatable bonds is 47. The molecule has 0 radical (unpaired) electrons. The molecule has 0 fully saturated rings. The Balaban J connectivity index is 4.63. The fourth-order valence-electron chi connectivity index (χ4n) is 6.81. The van der Waals surface area contributed by atoms with Crippen LogP contribution in [0.4, 0.5) is 0 Å². The number of unbranched alkanes of at least 4 members (excludes halogenated alkanes) is 13. The predicted octanol–water partition coefficient (Wildman–Crippen LogP) is 18.4. The highest BCUT2D eigenvalue weighted by Crippen LogP contribution is 2.12. The molecule has 6 nitrogen and oxygen atoms in total. The van der Waals surface area contributed by atoms with Crippen molar-refractivity contribution < 1.29 is 28.6 Å². The zero-order valence-electron chi connectivity index (χ0n) is 44.0. The zero-order valence-corrected chi connectivity index (χ0v) is 44.0. The molecule has 0 heterocycles. The maximum Gasteiger partial charge on any atom is 0.306 e. The molecule has 6 heteroatoms. The summed E-state index contributed by atoms with van der Waals surface area (Å²) in [5.41, 5.74) is 0. The molecule has 0 saturated carbocycles. The van der Waals surface area contributed by atoms with Gasteiger partial charge in [0.1, 0.15) is 13.2 Å². The smallest absolute Gasteiger partial charge is 0.306 e. The molecule has 0 aromatic rings. The highest BCUT2D eigenvalue weighted by Gasteiger charge is 2.19. The first-order chi connectivity index (χ1) is 34.0. The van der Waals surface area contributed by atoms with Crippen molar-refractivity contribution in [2.45, 2.75) is 219 Å². The van der Waals surface area contributed by atoms with Gasteiger partial charge in [0.2, 0.25) is 0 Å². The average Bonchev–Trinajstić information content (AvgIpc) is 3.35. The highest BCUT2D eigenvalue weighted by molar-refractivity contribution is 5.71. The first-order valence-corrected chi connectivity index (χ1v) is 27.4. The van der Waals surface area contributed by atoms with E-state index in [-0.39, 0.29) is 38.0 Å². The van der Waals surface area contributed by atoms with Crippen LogP contribution >= 0.6 is 0 Å². The van der Waals surface area contributed by atoms with Crippen LogP contribution in [0.1, 0.15) is 213 Å². The molecular formula is C63H98O6. The lowest BCUT2D eigenvalue weighted by atomic mass is 10.1. The van der Waals surface area contributed by atoms with Crippen molar-refractivity contribution >= 4 is 17.9 Å². The second-order valence-corrected chi connectivity index (χ2v) is 17.4. The normalized spacial score (nSPS) is 13.3. The molecule has 0 spiro atoms. The molecule has 0 amide bonds. The predicted molar refractivity (Wildman–Crippen MR) is 297 cm³/mol. The molecule has 69 heavy (non-hydrogen) atoms. The fraction of sp³-hybridized carbons (Fsp3) is 0.571. The standard InChI is InChI=1S/C63H98O6/c1-4-7-10-13-16-19-22-25-28-31-33-35-38-41-44-47-50-53-56-62(65)68-59-60(58-67-61(64)55-52-49-46-43-40-37-34-30-27-24-21-18-15-12-9-6-3)69-63(66)57-54-51-48-45-42-39-36-32-29-26-23-20-17-14-11-8-5-2/h8-9,11-12,17-18,20-21,26-31,33,35-37,39-40,45-46,48-49,60H,4-7,10,13-16,19,22-25,32,34,38,41-44,47,50-59H2,1-3H3/b11-8-,12-9-,20-17-,21-18-,29-26-,30-27-,31-28-,35-33-,39-36-,40-37-,48-45-,49-46-. The highest BCUT2D eigenvalue weighted by atomic mass is 16.6. The monoisotopic (exact) mass is 951 g/mol. The van der Waals surface area contributed by atoms with Crippen LogP contribution in [-0.2, 0) is 28.6 Å². The van der Waals surface area contributed by atoms with Crippen LogP contribution in [0, 0.1) is 0 Å². The van der Waals surface area contributed by atoms with E-state index in [1.165, 1.54) is 51.4 Å². The van der Waals surface area contributed by atoms with Gasteiger partial charge >= 0.3 is 17.9 Å². The van der Waals surface area contributed by atoms with Crippen LogP contribution in [-0.4, -0.2) is 37.2 Å². The van der Waals surface area contributed by atoms with Crippen molar-refractivity contribution in [3.05, 3.63) is 146 Å². The SMILES string of the molecule is CC/C=C\C/C=C\C/C=C\C/C=C\C/C=C\CCCC(=O)OC(COC(=O)CC/C=C\C/C=C\C/C=C\C/C=C\C/C=C\CC)COC(=O)CCCCCCC/C=C\C=C/CCCCCCCCC. The van der Waals surface area contributed by atoms with E-state index in [0.717, 1.165) is 109 Å². The lowest BCUT2D eigenvalue weighted by Gasteiger charge is -2.18. The largest absolute Gasteiger partial charge is 0.462 e. The number of carbonyl (C=O) groups is 3. The van der Waals surface area contributed by atoms with E-state index in [0.29, 0.717) is 19.3 Å². The number of esters is 3. The van der Waals surface area contributed by atoms with Gasteiger partial charge in [-0.15, -0.1) is 0 Å². The second kappa shape index (κ2) is 55.9. The van der Waals surface area contributed by atoms with Crippen molar-refractivity contribution in [1.29, 1.82) is 0 Å². The summed E-state index contributed by atoms with van der Waals surface area (Å²) in [5, 5.41) is 0. The van der Waals surface area contributed by atoms with Gasteiger partial charge < -0.3 is 14.2 Å². The first-order valence-electron chi connectivity index (χ1n) is 27.4. The minimum absolute atomic E-state index is 0.138. The summed E-state index contributed by atoms with van der Waals surface area (Å²) in [7, 11) is 0. The fourth-order valence-corrected chi connectivity index (χ4v) is 6.81. The van der Waals surface area contributed by atoms with Gasteiger partial charge in [-0.05, 0) is 116 Å². The lowest BCUT2D eigenvalue weighted by molar-refractivity contribution is -0.166. The Labute approximate surface area is 423 Å². The zero-order chi connectivity index (χ0) is 50.0. The van der Waals surface area contributed by atoms with Crippen LogP contribution < -0.4 is 0 Å². The third kappa shape index (κ3) is 54.1. The Morgan fingerprint density at radius 2 is 0.652 bits per heavy atom. The van der Waals surface area contributed by atoms with Gasteiger partial charge in [0.25, 0.3) is 0 Å². The molecule has 0 saturated heterocycles. The second-order valence-electron chi connectivity index (χ2n) is 17.4. The van der Waals surface area contributed by atoms with Crippen molar-refractivity contribution in [3.8, 4) is 0 Å². The number of allylic oxidation sites excluding steroid dienone is 24. The van der Waals surface area contributed by atoms with Crippen molar-refractivity contribution in [2.75, 3.05) is 13.2 Å². The van der Waals surface area contributed by atoms with E-state index in [4.69, 9.17) is 14.2 Å². The minimum Gasteiger partial charge on any atom is -0.462 e. The Hall–Kier alpha value is -4.71. The van der Waals surface area contributed by atoms with Gasteiger partial charge in [-0.1, -0.05) is 224 Å². The summed E-state index contributed by atoms with van der Waals surface area (Å²) in [6.45, 7) is 6.26. The minimum atomic E-state index is -0.851. The summed E-state index contributed by atoms with van der Waals surface area (Å²) in [5.74, 6) is -1.11. The molecule has 0 aliphatic carbocycles. The summed E-state index contributed by atoms with van der Waals surface area (Å²) in [6.07, 6.45) is 79.9. The molecule has 0 N–H and O–H groups in total. The van der Waals surface area contributed by atoms with Gasteiger partial charge in [-0.3, -0.25) is 14.4 Å². The van der Waals surface area contributed by atoms with Gasteiger partial charge in [-0.2, -0.15) is 0 Å². The van der Waals surface area contributed by atoms with Gasteiger partial charge in [-0.25, -0.2) is 0 Å². The molecule has 0 bridgehead atoms. The first kappa shape index (κ1) is 64.3. The molecular weight excluding hydrogens is 853 g/mol. The van der Waals surface area contributed by atoms with Crippen molar-refractivity contribution in [2.24, 2.45) is 0 Å². The third-order valence-corrected chi connectivity index (χ3v) is 10.9. The van der Waals surface area contributed by atoms with Crippen LogP contribution in [0.25, 0.3) is 0 Å². The summed E-state index contributed by atoms with van der Waals surface area (Å²) < 4.78 is 16.7. The molecule has 1 atom stereocenters. The van der Waals surface area contributed by atoms with Gasteiger partial charge in [0.15, 0.2) is 6.10 Å². The van der Waals surface area contributed by atoms with E-state index in [2.05, 4.69) is 154 Å². The molecule has 1 unspecified atom stereocenters. The summed E-state index contributed by atoms with van der Waals surface area (Å²) >= 11 is 0.